The molecule has 8 heterocycles. The summed E-state index contributed by atoms with van der Waals surface area (Å²) in [7, 11) is 0. The number of aliphatic hydroxyl groups is 21. The SMILES string of the molecule is CC(=O)N[C@@H]1[C@@H](O)[C@H](O[C@@H]2O[C@H](CO)[C@@H](O[C@@H]3O[C@H](CO[C@H]4O[C@H](CO)[C@@H](O)[C@H](O)[C@@H]4O[C@@H]4O[C@H](CO)[C@@H](O)[C@H](O)[C@H]4NC(C)=O)[C@@H](O)[C@H](O[C@H]4O[C@H](CO)[C@@H](O)[C@H](O)[C@@H]4O[C@H]4O[C@H](CO)[C@@H](O)[C@H](O)[C@H]4NC(C)=O)[C@@H]3O)[C@H](O)[C@H]2NC(C)=O)[C@@H](CO[C@H]2O[C@@H](C)[C@@H](O)[C@@H](O)[C@@H]2O)O[C@H]1O. The van der Waals surface area contributed by atoms with Crippen molar-refractivity contribution < 1.29 is 197 Å². The van der Waals surface area contributed by atoms with E-state index in [4.69, 9.17) is 71.1 Å². The van der Waals surface area contributed by atoms with Gasteiger partial charge in [0, 0.05) is 27.7 Å². The van der Waals surface area contributed by atoms with Crippen molar-refractivity contribution in [3.63, 3.8) is 0 Å². The van der Waals surface area contributed by atoms with Crippen LogP contribution in [0.15, 0.2) is 0 Å². The molecule has 25 N–H and O–H groups in total. The zero-order valence-electron chi connectivity index (χ0n) is 54.2. The van der Waals surface area contributed by atoms with E-state index in [0.717, 1.165) is 27.7 Å². The lowest BCUT2D eigenvalue weighted by molar-refractivity contribution is -0.396. The third-order valence-corrected chi connectivity index (χ3v) is 18.2. The second-order valence-electron chi connectivity index (χ2n) is 25.4. The first-order valence-corrected chi connectivity index (χ1v) is 32.0. The van der Waals surface area contributed by atoms with Crippen LogP contribution in [-0.4, -0.2) is 423 Å². The average Bonchev–Trinajstić information content (AvgIpc) is 0.770. The predicted molar refractivity (Wildman–Crippen MR) is 309 cm³/mol. The molecule has 8 rings (SSSR count). The number of rotatable bonds is 25. The monoisotopic (exact) mass is 1460 g/mol. The summed E-state index contributed by atoms with van der Waals surface area (Å²) in [5, 5.41) is 242. The molecule has 0 aliphatic carbocycles. The number of hydrogen-bond acceptors (Lipinski definition) is 40. The van der Waals surface area contributed by atoms with E-state index in [0.29, 0.717) is 0 Å². The minimum atomic E-state index is -2.50. The Morgan fingerprint density at radius 3 is 1.09 bits per heavy atom. The maximum absolute atomic E-state index is 13.1. The standard InChI is InChI=1S/C56H94N4O40/c1-13-29(70)39(80)42(83)53(88-13)86-12-24-45(37(78)25(49(85)89-24)57-14(2)66)96-52-28(60-17(5)69)38(79)44(22(10-65)94-52)97-54-43(84)46(98-56-48(41(82)33(74)21(9-64)93-56)100-51-27(59-16(4)68)36(77)31(72)19(7-62)91-51)34(75)23(95-54)11-87-55-47(40(81)32(73)20(8-63)92-55)99-50-26(58-15(3)67)35(76)30(71)18(6-61)90-50/h13,18-56,61-65,70-85H,6-12H2,1-5H3,(H,57,66)(H,58,67)(H,59,68)(H,60,69)/t13-,18+,19+,20+,21+,22+,23+,24+,25+,26+,27+,28+,29+,30+,31+,32+,33+,34+,35+,36+,37+,38+,39+,40-,41-,42-,43-,44+,45+,46-,47-,48-,49+,50-,51+,52-,53-,54-,55-,56+/m0/s1. The van der Waals surface area contributed by atoms with Gasteiger partial charge in [-0.05, 0) is 6.92 Å². The fourth-order valence-electron chi connectivity index (χ4n) is 12.8. The van der Waals surface area contributed by atoms with E-state index in [1.165, 1.54) is 6.92 Å². The summed E-state index contributed by atoms with van der Waals surface area (Å²) < 4.78 is 88.8. The lowest BCUT2D eigenvalue weighted by Crippen LogP contribution is -2.71. The van der Waals surface area contributed by atoms with Crippen LogP contribution < -0.4 is 21.3 Å². The summed E-state index contributed by atoms with van der Waals surface area (Å²) in [4.78, 5) is 50.2. The highest BCUT2D eigenvalue weighted by Crippen LogP contribution is 2.38. The van der Waals surface area contributed by atoms with Crippen molar-refractivity contribution in [2.24, 2.45) is 0 Å². The molecule has 0 bridgehead atoms. The van der Waals surface area contributed by atoms with E-state index in [9.17, 15) is 126 Å². The molecule has 0 unspecified atom stereocenters. The van der Waals surface area contributed by atoms with E-state index >= 15 is 0 Å². The van der Waals surface area contributed by atoms with Gasteiger partial charge in [0.2, 0.25) is 23.6 Å². The number of carbonyl (C=O) groups is 4. The Bertz CT molecular complexity index is 2620. The molecule has 0 saturated carbocycles. The number of carbonyl (C=O) groups excluding carboxylic acids is 4. The Morgan fingerprint density at radius 1 is 0.280 bits per heavy atom. The van der Waals surface area contributed by atoms with Gasteiger partial charge in [0.05, 0.1) is 52.4 Å². The van der Waals surface area contributed by atoms with Gasteiger partial charge in [-0.1, -0.05) is 0 Å². The van der Waals surface area contributed by atoms with Crippen LogP contribution in [0.25, 0.3) is 0 Å². The fraction of sp³-hybridized carbons (Fsp3) is 0.929. The third kappa shape index (κ3) is 18.3. The third-order valence-electron chi connectivity index (χ3n) is 18.2. The second-order valence-corrected chi connectivity index (χ2v) is 25.4. The highest BCUT2D eigenvalue weighted by atomic mass is 16.8. The minimum Gasteiger partial charge on any atom is -0.394 e. The first-order valence-electron chi connectivity index (χ1n) is 32.0. The van der Waals surface area contributed by atoms with E-state index in [1.54, 1.807) is 0 Å². The first-order chi connectivity index (χ1) is 47.2. The summed E-state index contributed by atoms with van der Waals surface area (Å²) in [6.07, 6.45) is -71.6. The van der Waals surface area contributed by atoms with Gasteiger partial charge in [-0.15, -0.1) is 0 Å². The van der Waals surface area contributed by atoms with Crippen molar-refractivity contribution in [2.75, 3.05) is 46.2 Å². The normalized spacial score (nSPS) is 48.7. The topological polar surface area (TPSA) is 680 Å². The van der Waals surface area contributed by atoms with E-state index < -0.39 is 315 Å². The minimum absolute atomic E-state index is 0.809. The van der Waals surface area contributed by atoms with Crippen molar-refractivity contribution in [3.8, 4) is 0 Å². The van der Waals surface area contributed by atoms with Gasteiger partial charge >= 0.3 is 0 Å². The largest absolute Gasteiger partial charge is 0.394 e. The van der Waals surface area contributed by atoms with Crippen molar-refractivity contribution in [2.45, 2.75) is 280 Å². The summed E-state index contributed by atoms with van der Waals surface area (Å²) in [5.74, 6) is -3.42. The number of aliphatic hydroxyl groups excluding tert-OH is 21. The van der Waals surface area contributed by atoms with Gasteiger partial charge in [0.1, 0.15) is 189 Å². The summed E-state index contributed by atoms with van der Waals surface area (Å²) >= 11 is 0. The highest BCUT2D eigenvalue weighted by Gasteiger charge is 2.60. The summed E-state index contributed by atoms with van der Waals surface area (Å²) in [6, 6.07) is -7.10. The molecule has 4 amide bonds. The van der Waals surface area contributed by atoms with Crippen LogP contribution in [0.2, 0.25) is 0 Å². The molecular formula is C56H94N4O40. The molecule has 44 nitrogen and oxygen atoms in total. The van der Waals surface area contributed by atoms with Crippen molar-refractivity contribution in [3.05, 3.63) is 0 Å². The summed E-state index contributed by atoms with van der Waals surface area (Å²) in [6.45, 7) is -1.92. The number of ether oxygens (including phenoxy) is 15. The zero-order valence-corrected chi connectivity index (χ0v) is 54.2. The van der Waals surface area contributed by atoms with E-state index in [-0.39, 0.29) is 0 Å². The Morgan fingerprint density at radius 2 is 0.620 bits per heavy atom. The lowest BCUT2D eigenvalue weighted by Gasteiger charge is -2.51. The Labute approximate surface area is 567 Å². The second kappa shape index (κ2) is 35.7. The number of nitrogens with one attached hydrogen (secondary N) is 4. The van der Waals surface area contributed by atoms with Crippen LogP contribution in [0.4, 0.5) is 0 Å². The molecule has 578 valence electrons. The Balaban J connectivity index is 1.14. The van der Waals surface area contributed by atoms with Gasteiger partial charge in [-0.3, -0.25) is 19.2 Å². The van der Waals surface area contributed by atoms with Crippen LogP contribution in [-0.2, 0) is 90.2 Å². The van der Waals surface area contributed by atoms with Crippen LogP contribution in [0.3, 0.4) is 0 Å². The van der Waals surface area contributed by atoms with Crippen LogP contribution in [0, 0.1) is 0 Å². The molecule has 0 aromatic carbocycles. The molecule has 0 spiro atoms. The van der Waals surface area contributed by atoms with E-state index in [1.807, 2.05) is 0 Å². The van der Waals surface area contributed by atoms with Crippen molar-refractivity contribution in [1.82, 2.24) is 21.3 Å². The quantitative estimate of drug-likeness (QED) is 0.0404. The maximum Gasteiger partial charge on any atom is 0.217 e. The molecule has 44 heteroatoms. The van der Waals surface area contributed by atoms with Crippen molar-refractivity contribution >= 4 is 23.6 Å². The van der Waals surface area contributed by atoms with E-state index in [2.05, 4.69) is 21.3 Å². The van der Waals surface area contributed by atoms with Crippen LogP contribution in [0.5, 0.6) is 0 Å². The predicted octanol–water partition coefficient (Wildman–Crippen LogP) is -16.8. The average molecular weight is 1460 g/mol. The smallest absolute Gasteiger partial charge is 0.217 e. The molecule has 8 saturated heterocycles. The molecule has 8 aliphatic heterocycles. The highest BCUT2D eigenvalue weighted by molar-refractivity contribution is 5.74. The number of amides is 4. The molecule has 0 aromatic rings. The molecule has 40 atom stereocenters. The first kappa shape index (κ1) is 82.1. The van der Waals surface area contributed by atoms with Crippen LogP contribution >= 0.6 is 0 Å². The van der Waals surface area contributed by atoms with Crippen molar-refractivity contribution in [1.29, 1.82) is 0 Å². The zero-order chi connectivity index (χ0) is 73.8. The number of hydrogen-bond donors (Lipinski definition) is 25. The molecular weight excluding hydrogens is 1370 g/mol. The molecule has 0 radical (unpaired) electrons. The Kier molecular flexibility index (Phi) is 29.3. The maximum atomic E-state index is 13.1. The van der Waals surface area contributed by atoms with Gasteiger partial charge in [0.15, 0.2) is 50.3 Å². The van der Waals surface area contributed by atoms with Gasteiger partial charge in [0.25, 0.3) is 0 Å². The van der Waals surface area contributed by atoms with Gasteiger partial charge < -0.3 is 200 Å². The van der Waals surface area contributed by atoms with Crippen LogP contribution in [0.1, 0.15) is 34.6 Å². The van der Waals surface area contributed by atoms with Gasteiger partial charge in [-0.2, -0.15) is 0 Å². The molecule has 100 heavy (non-hydrogen) atoms. The summed E-state index contributed by atoms with van der Waals surface area (Å²) in [5.41, 5.74) is 0. The molecule has 8 aliphatic rings. The van der Waals surface area contributed by atoms with Gasteiger partial charge in [-0.25, -0.2) is 0 Å². The fourth-order valence-corrected chi connectivity index (χ4v) is 12.8. The molecule has 0 aromatic heterocycles. The Hall–Kier alpha value is -3.56. The molecule has 8 fully saturated rings. The lowest BCUT2D eigenvalue weighted by atomic mass is 9.93.